The zero-order valence-corrected chi connectivity index (χ0v) is 14.7. The van der Waals surface area contributed by atoms with Gasteiger partial charge in [0.2, 0.25) is 0 Å². The summed E-state index contributed by atoms with van der Waals surface area (Å²) < 4.78 is 0. The normalized spacial score (nSPS) is 23.7. The Hall–Kier alpha value is -0.820. The average Bonchev–Trinajstić information content (AvgIpc) is 2.36. The molecule has 0 aromatic heterocycles. The molecule has 0 spiro atoms. The van der Waals surface area contributed by atoms with E-state index < -0.39 is 5.60 Å². The van der Waals surface area contributed by atoms with Crippen LogP contribution in [0.3, 0.4) is 0 Å². The predicted octanol–water partition coefficient (Wildman–Crippen LogP) is 5.96. The van der Waals surface area contributed by atoms with Crippen LogP contribution in [-0.2, 0) is 0 Å². The van der Waals surface area contributed by atoms with E-state index in [0.29, 0.717) is 5.92 Å². The summed E-state index contributed by atoms with van der Waals surface area (Å²) in [7, 11) is 0. The maximum atomic E-state index is 10.4. The Balaban J connectivity index is 2.83. The van der Waals surface area contributed by atoms with Crippen molar-refractivity contribution in [3.05, 3.63) is 34.9 Å². The van der Waals surface area contributed by atoms with Crippen LogP contribution in [0, 0.1) is 5.92 Å². The minimum absolute atomic E-state index is 0.344. The summed E-state index contributed by atoms with van der Waals surface area (Å²) in [6.07, 6.45) is 14.9. The zero-order valence-electron chi connectivity index (χ0n) is 14.7. The molecular weight excluding hydrogens is 256 g/mol. The molecule has 0 heterocycles. The van der Waals surface area contributed by atoms with Crippen LogP contribution < -0.4 is 0 Å². The highest BCUT2D eigenvalue weighted by Crippen LogP contribution is 2.28. The van der Waals surface area contributed by atoms with Crippen molar-refractivity contribution in [1.29, 1.82) is 0 Å². The van der Waals surface area contributed by atoms with Gasteiger partial charge in [-0.25, -0.2) is 0 Å². The lowest BCUT2D eigenvalue weighted by atomic mass is 9.83. The van der Waals surface area contributed by atoms with Crippen molar-refractivity contribution >= 4 is 0 Å². The summed E-state index contributed by atoms with van der Waals surface area (Å²) >= 11 is 0. The van der Waals surface area contributed by atoms with E-state index in [2.05, 4.69) is 39.0 Å². The Morgan fingerprint density at radius 1 is 0.857 bits per heavy atom. The first kappa shape index (κ1) is 18.2. The van der Waals surface area contributed by atoms with Crippen molar-refractivity contribution in [2.75, 3.05) is 0 Å². The number of rotatable bonds is 1. The summed E-state index contributed by atoms with van der Waals surface area (Å²) in [4.78, 5) is 0. The molecule has 0 bridgehead atoms. The van der Waals surface area contributed by atoms with Crippen molar-refractivity contribution in [3.8, 4) is 0 Å². The highest BCUT2D eigenvalue weighted by Gasteiger charge is 2.25. The second-order valence-corrected chi connectivity index (χ2v) is 7.35. The lowest BCUT2D eigenvalue weighted by molar-refractivity contribution is 0.0145. The largest absolute Gasteiger partial charge is 0.390 e. The third kappa shape index (κ3) is 7.66. The highest BCUT2D eigenvalue weighted by atomic mass is 16.3. The number of hydrogen-bond donors (Lipinski definition) is 1. The molecule has 1 atom stereocenters. The van der Waals surface area contributed by atoms with Crippen LogP contribution in [0.1, 0.15) is 79.6 Å². The van der Waals surface area contributed by atoms with E-state index in [9.17, 15) is 5.11 Å². The van der Waals surface area contributed by atoms with Crippen molar-refractivity contribution in [2.45, 2.75) is 85.2 Å². The Morgan fingerprint density at radius 3 is 1.86 bits per heavy atom. The maximum absolute atomic E-state index is 10.4. The molecular formula is C20H34O. The molecule has 1 rings (SSSR count). The molecule has 1 aliphatic rings. The molecule has 1 unspecified atom stereocenters. The van der Waals surface area contributed by atoms with Gasteiger partial charge in [0.05, 0.1) is 5.60 Å². The van der Waals surface area contributed by atoms with E-state index >= 15 is 0 Å². The summed E-state index contributed by atoms with van der Waals surface area (Å²) in [6.45, 7) is 10.6. The Morgan fingerprint density at radius 2 is 1.33 bits per heavy atom. The monoisotopic (exact) mass is 290 g/mol. The summed E-state index contributed by atoms with van der Waals surface area (Å²) in [5.74, 6) is 0.344. The van der Waals surface area contributed by atoms with E-state index in [4.69, 9.17) is 0 Å². The third-order valence-electron chi connectivity index (χ3n) is 4.70. The number of hydrogen-bond acceptors (Lipinski definition) is 1. The van der Waals surface area contributed by atoms with Crippen molar-refractivity contribution in [1.82, 2.24) is 0 Å². The van der Waals surface area contributed by atoms with Gasteiger partial charge in [-0.2, -0.15) is 0 Å². The molecule has 1 nitrogen and oxygen atoms in total. The standard InChI is InChI=1S/C20H34O/c1-16-8-6-10-17(2)12-14-19(20(4,5)21)15-13-18(3)11-7-9-16/h8,11-12,19,21H,6-7,9-10,13-15H2,1-5H3. The van der Waals surface area contributed by atoms with Crippen LogP contribution in [-0.4, -0.2) is 10.7 Å². The molecule has 1 N–H and O–H groups in total. The van der Waals surface area contributed by atoms with Gasteiger partial charge in [0.25, 0.3) is 0 Å². The Labute approximate surface area is 131 Å². The number of allylic oxidation sites excluding steroid dienone is 6. The van der Waals surface area contributed by atoms with Crippen LogP contribution in [0.25, 0.3) is 0 Å². The number of aliphatic hydroxyl groups is 1. The van der Waals surface area contributed by atoms with Gasteiger partial charge in [0.15, 0.2) is 0 Å². The first-order valence-corrected chi connectivity index (χ1v) is 8.48. The minimum atomic E-state index is -0.593. The van der Waals surface area contributed by atoms with E-state index in [1.807, 2.05) is 13.8 Å². The second kappa shape index (κ2) is 8.58. The van der Waals surface area contributed by atoms with Crippen LogP contribution in [0.4, 0.5) is 0 Å². The van der Waals surface area contributed by atoms with E-state index in [1.165, 1.54) is 23.1 Å². The lowest BCUT2D eigenvalue weighted by Gasteiger charge is -2.29. The Bertz CT molecular complexity index is 404. The molecule has 120 valence electrons. The van der Waals surface area contributed by atoms with Gasteiger partial charge in [-0.05, 0) is 85.5 Å². The minimum Gasteiger partial charge on any atom is -0.390 e. The van der Waals surface area contributed by atoms with Gasteiger partial charge in [-0.1, -0.05) is 34.9 Å². The van der Waals surface area contributed by atoms with Gasteiger partial charge in [0, 0.05) is 0 Å². The van der Waals surface area contributed by atoms with E-state index in [1.54, 1.807) is 0 Å². The fourth-order valence-corrected chi connectivity index (χ4v) is 2.90. The van der Waals surface area contributed by atoms with Crippen molar-refractivity contribution < 1.29 is 5.11 Å². The molecule has 0 radical (unpaired) electrons. The topological polar surface area (TPSA) is 20.2 Å². The molecule has 0 fully saturated rings. The molecule has 0 amide bonds. The van der Waals surface area contributed by atoms with Crippen molar-refractivity contribution in [2.24, 2.45) is 5.92 Å². The van der Waals surface area contributed by atoms with Gasteiger partial charge < -0.3 is 5.11 Å². The van der Waals surface area contributed by atoms with Crippen LogP contribution >= 0.6 is 0 Å². The fourth-order valence-electron chi connectivity index (χ4n) is 2.90. The molecule has 1 heteroatoms. The lowest BCUT2D eigenvalue weighted by Crippen LogP contribution is -2.30. The summed E-state index contributed by atoms with van der Waals surface area (Å²) in [5, 5.41) is 10.4. The van der Waals surface area contributed by atoms with Gasteiger partial charge in [0.1, 0.15) is 0 Å². The van der Waals surface area contributed by atoms with Gasteiger partial charge in [-0.15, -0.1) is 0 Å². The fraction of sp³-hybridized carbons (Fsp3) is 0.700. The molecule has 21 heavy (non-hydrogen) atoms. The van der Waals surface area contributed by atoms with Crippen LogP contribution in [0.15, 0.2) is 34.9 Å². The molecule has 0 saturated heterocycles. The van der Waals surface area contributed by atoms with Crippen LogP contribution in [0.5, 0.6) is 0 Å². The van der Waals surface area contributed by atoms with Crippen LogP contribution in [0.2, 0.25) is 0 Å². The van der Waals surface area contributed by atoms with Gasteiger partial charge >= 0.3 is 0 Å². The maximum Gasteiger partial charge on any atom is 0.0622 e. The SMILES string of the molecule is CC1=CCCC(C)=CCC(C(C)(C)O)CCC(C)=CCC1. The quantitative estimate of drug-likeness (QED) is 0.591. The molecule has 0 saturated carbocycles. The second-order valence-electron chi connectivity index (χ2n) is 7.35. The molecule has 0 aliphatic heterocycles. The van der Waals surface area contributed by atoms with Gasteiger partial charge in [-0.3, -0.25) is 0 Å². The Kier molecular flexibility index (Phi) is 7.45. The van der Waals surface area contributed by atoms with E-state index in [-0.39, 0.29) is 0 Å². The summed E-state index contributed by atoms with van der Waals surface area (Å²) in [6, 6.07) is 0. The first-order chi connectivity index (χ1) is 9.79. The van der Waals surface area contributed by atoms with Crippen molar-refractivity contribution in [3.63, 3.8) is 0 Å². The molecule has 0 aromatic carbocycles. The highest BCUT2D eigenvalue weighted by molar-refractivity contribution is 5.07. The average molecular weight is 290 g/mol. The molecule has 1 aliphatic carbocycles. The first-order valence-electron chi connectivity index (χ1n) is 8.48. The predicted molar refractivity (Wildman–Crippen MR) is 93.4 cm³/mol. The smallest absolute Gasteiger partial charge is 0.0622 e. The molecule has 0 aromatic rings. The summed E-state index contributed by atoms with van der Waals surface area (Å²) in [5.41, 5.74) is 3.84. The third-order valence-corrected chi connectivity index (χ3v) is 4.70. The van der Waals surface area contributed by atoms with E-state index in [0.717, 1.165) is 38.5 Å². The zero-order chi connectivity index (χ0) is 15.9.